The fraction of sp³-hybridized carbons (Fsp3) is 0.357. The molecule has 0 spiro atoms. The van der Waals surface area contributed by atoms with Crippen LogP contribution in [0.1, 0.15) is 13.8 Å². The number of sulfonamides is 1. The van der Waals surface area contributed by atoms with Gasteiger partial charge in [-0.05, 0) is 26.0 Å². The SMILES string of the molecule is CCOc1nc(NS(=O)(=O)c2ccccc2OC(F)F)nc(OCC)n1. The summed E-state index contributed by atoms with van der Waals surface area (Å²) in [5, 5.41) is 0. The van der Waals surface area contributed by atoms with Gasteiger partial charge in [0.25, 0.3) is 10.0 Å². The summed E-state index contributed by atoms with van der Waals surface area (Å²) < 4.78 is 66.6. The van der Waals surface area contributed by atoms with Crippen molar-refractivity contribution in [1.29, 1.82) is 0 Å². The summed E-state index contributed by atoms with van der Waals surface area (Å²) in [5.74, 6) is -0.905. The van der Waals surface area contributed by atoms with E-state index in [1.54, 1.807) is 13.8 Å². The summed E-state index contributed by atoms with van der Waals surface area (Å²) >= 11 is 0. The summed E-state index contributed by atoms with van der Waals surface area (Å²) in [6.07, 6.45) is 0. The molecule has 1 aromatic heterocycles. The van der Waals surface area contributed by atoms with Crippen LogP contribution >= 0.6 is 0 Å². The lowest BCUT2D eigenvalue weighted by Gasteiger charge is -2.12. The van der Waals surface area contributed by atoms with E-state index in [4.69, 9.17) is 9.47 Å². The molecule has 0 unspecified atom stereocenters. The zero-order valence-electron chi connectivity index (χ0n) is 13.8. The van der Waals surface area contributed by atoms with Gasteiger partial charge in [0.1, 0.15) is 10.6 Å². The smallest absolute Gasteiger partial charge is 0.387 e. The van der Waals surface area contributed by atoms with Crippen LogP contribution < -0.4 is 18.9 Å². The molecule has 0 fully saturated rings. The predicted octanol–water partition coefficient (Wildman–Crippen LogP) is 2.07. The second kappa shape index (κ2) is 8.56. The van der Waals surface area contributed by atoms with Crippen LogP contribution in [0.4, 0.5) is 14.7 Å². The maximum atomic E-state index is 12.5. The van der Waals surface area contributed by atoms with Crippen molar-refractivity contribution < 1.29 is 31.4 Å². The zero-order chi connectivity index (χ0) is 19.2. The van der Waals surface area contributed by atoms with Gasteiger partial charge in [-0.2, -0.15) is 18.7 Å². The minimum absolute atomic E-state index is 0.152. The maximum Gasteiger partial charge on any atom is 0.387 e. The maximum absolute atomic E-state index is 12.5. The van der Waals surface area contributed by atoms with Crippen LogP contribution in [0.2, 0.25) is 0 Å². The first-order valence-electron chi connectivity index (χ1n) is 7.44. The van der Waals surface area contributed by atoms with E-state index in [2.05, 4.69) is 24.4 Å². The lowest BCUT2D eigenvalue weighted by molar-refractivity contribution is -0.0517. The molecule has 0 aliphatic carbocycles. The van der Waals surface area contributed by atoms with Gasteiger partial charge in [0.2, 0.25) is 5.95 Å². The quantitative estimate of drug-likeness (QED) is 0.692. The Morgan fingerprint density at radius 3 is 2.15 bits per heavy atom. The number of aromatic nitrogens is 3. The van der Waals surface area contributed by atoms with Crippen LogP contribution in [0.25, 0.3) is 0 Å². The van der Waals surface area contributed by atoms with Crippen LogP contribution in [0, 0.1) is 0 Å². The molecule has 0 saturated heterocycles. The van der Waals surface area contributed by atoms with Crippen molar-refractivity contribution in [3.05, 3.63) is 24.3 Å². The van der Waals surface area contributed by atoms with E-state index in [1.165, 1.54) is 12.1 Å². The molecule has 0 aliphatic rings. The highest BCUT2D eigenvalue weighted by atomic mass is 32.2. The monoisotopic (exact) mass is 390 g/mol. The number of ether oxygens (including phenoxy) is 3. The molecule has 0 radical (unpaired) electrons. The summed E-state index contributed by atoms with van der Waals surface area (Å²) in [6, 6.07) is 4.62. The van der Waals surface area contributed by atoms with Crippen LogP contribution in [-0.2, 0) is 10.0 Å². The molecule has 9 nitrogen and oxygen atoms in total. The molecule has 0 bridgehead atoms. The van der Waals surface area contributed by atoms with Gasteiger partial charge in [0.15, 0.2) is 0 Å². The van der Waals surface area contributed by atoms with E-state index in [0.29, 0.717) is 0 Å². The Hall–Kier alpha value is -2.76. The minimum atomic E-state index is -4.33. The number of benzene rings is 1. The third kappa shape index (κ3) is 5.12. The molecule has 2 rings (SSSR count). The standard InChI is InChI=1S/C14H16F2N4O5S/c1-3-23-13-17-12(18-14(19-13)24-4-2)20-26(21,22)10-8-6-5-7-9(10)25-11(15)16/h5-8,11H,3-4H2,1-2H3,(H,17,18,19,20). The summed E-state index contributed by atoms with van der Waals surface area (Å²) in [4.78, 5) is 11.0. The van der Waals surface area contributed by atoms with Gasteiger partial charge in [-0.15, -0.1) is 4.98 Å². The molecule has 0 aliphatic heterocycles. The molecular weight excluding hydrogens is 374 g/mol. The van der Waals surface area contributed by atoms with E-state index < -0.39 is 33.2 Å². The van der Waals surface area contributed by atoms with Crippen molar-refractivity contribution in [2.45, 2.75) is 25.4 Å². The number of halogens is 2. The van der Waals surface area contributed by atoms with Gasteiger partial charge in [-0.25, -0.2) is 13.1 Å². The highest BCUT2D eigenvalue weighted by Crippen LogP contribution is 2.26. The third-order valence-electron chi connectivity index (χ3n) is 2.72. The molecule has 0 amide bonds. The largest absolute Gasteiger partial charge is 0.464 e. The highest BCUT2D eigenvalue weighted by molar-refractivity contribution is 7.92. The van der Waals surface area contributed by atoms with Gasteiger partial charge in [0, 0.05) is 0 Å². The van der Waals surface area contributed by atoms with Crippen molar-refractivity contribution in [3.63, 3.8) is 0 Å². The number of hydrogen-bond acceptors (Lipinski definition) is 8. The second-order valence-corrected chi connectivity index (χ2v) is 6.17. The number of rotatable bonds is 9. The van der Waals surface area contributed by atoms with Crippen LogP contribution in [0.5, 0.6) is 17.8 Å². The lowest BCUT2D eigenvalue weighted by atomic mass is 10.3. The number of hydrogen-bond donors (Lipinski definition) is 1. The fourth-order valence-electron chi connectivity index (χ4n) is 1.81. The summed E-state index contributed by atoms with van der Waals surface area (Å²) in [6.45, 7) is 0.648. The predicted molar refractivity (Wildman–Crippen MR) is 86.0 cm³/mol. The number of nitrogens with zero attached hydrogens (tertiary/aromatic N) is 3. The zero-order valence-corrected chi connectivity index (χ0v) is 14.7. The van der Waals surface area contributed by atoms with Gasteiger partial charge >= 0.3 is 18.6 Å². The van der Waals surface area contributed by atoms with Gasteiger partial charge in [-0.1, -0.05) is 12.1 Å². The first-order chi connectivity index (χ1) is 12.4. The van der Waals surface area contributed by atoms with Gasteiger partial charge in [0.05, 0.1) is 13.2 Å². The first-order valence-corrected chi connectivity index (χ1v) is 8.92. The molecule has 0 atom stereocenters. The normalized spacial score (nSPS) is 11.3. The Labute approximate surface area is 148 Å². The fourth-order valence-corrected chi connectivity index (χ4v) is 2.89. The van der Waals surface area contributed by atoms with Crippen molar-refractivity contribution in [2.24, 2.45) is 0 Å². The van der Waals surface area contributed by atoms with E-state index >= 15 is 0 Å². The average Bonchev–Trinajstić information content (AvgIpc) is 2.54. The lowest BCUT2D eigenvalue weighted by Crippen LogP contribution is -2.18. The minimum Gasteiger partial charge on any atom is -0.464 e. The Kier molecular flexibility index (Phi) is 6.44. The number of anilines is 1. The molecular formula is C14H16F2N4O5S. The molecule has 1 aromatic carbocycles. The summed E-state index contributed by atoms with van der Waals surface area (Å²) in [7, 11) is -4.33. The molecule has 1 N–H and O–H groups in total. The highest BCUT2D eigenvalue weighted by Gasteiger charge is 2.23. The molecule has 12 heteroatoms. The molecule has 0 saturated carbocycles. The molecule has 26 heavy (non-hydrogen) atoms. The van der Waals surface area contributed by atoms with Crippen molar-refractivity contribution in [3.8, 4) is 17.8 Å². The molecule has 1 heterocycles. The van der Waals surface area contributed by atoms with Crippen LogP contribution in [0.3, 0.4) is 0 Å². The van der Waals surface area contributed by atoms with Crippen molar-refractivity contribution >= 4 is 16.0 Å². The average molecular weight is 390 g/mol. The van der Waals surface area contributed by atoms with Gasteiger partial charge in [-0.3, -0.25) is 0 Å². The Morgan fingerprint density at radius 2 is 1.62 bits per heavy atom. The Morgan fingerprint density at radius 1 is 1.04 bits per heavy atom. The second-order valence-electron chi connectivity index (χ2n) is 4.52. The van der Waals surface area contributed by atoms with E-state index in [9.17, 15) is 17.2 Å². The van der Waals surface area contributed by atoms with Crippen molar-refractivity contribution in [1.82, 2.24) is 15.0 Å². The Balaban J connectivity index is 2.37. The van der Waals surface area contributed by atoms with E-state index in [0.717, 1.165) is 12.1 Å². The topological polar surface area (TPSA) is 113 Å². The van der Waals surface area contributed by atoms with Gasteiger partial charge < -0.3 is 14.2 Å². The van der Waals surface area contributed by atoms with Crippen LogP contribution in [-0.4, -0.2) is 43.2 Å². The summed E-state index contributed by atoms with van der Waals surface area (Å²) in [5.41, 5.74) is 0. The van der Waals surface area contributed by atoms with E-state index in [-0.39, 0.29) is 25.2 Å². The third-order valence-corrected chi connectivity index (χ3v) is 4.09. The van der Waals surface area contributed by atoms with Crippen LogP contribution in [0.15, 0.2) is 29.2 Å². The number of para-hydroxylation sites is 1. The first kappa shape index (κ1) is 19.6. The number of alkyl halides is 2. The Bertz CT molecular complexity index is 827. The van der Waals surface area contributed by atoms with Crippen molar-refractivity contribution in [2.75, 3.05) is 17.9 Å². The molecule has 2 aromatic rings. The molecule has 142 valence electrons. The number of nitrogens with one attached hydrogen (secondary N) is 1. The van der Waals surface area contributed by atoms with E-state index in [1.807, 2.05) is 0 Å².